The van der Waals surface area contributed by atoms with Gasteiger partial charge in [-0.1, -0.05) is 25.3 Å². The summed E-state index contributed by atoms with van der Waals surface area (Å²) in [5.74, 6) is 0.0449. The summed E-state index contributed by atoms with van der Waals surface area (Å²) < 4.78 is 38.0. The van der Waals surface area contributed by atoms with Crippen LogP contribution >= 0.6 is 0 Å². The number of aromatic nitrogens is 6. The van der Waals surface area contributed by atoms with Crippen molar-refractivity contribution in [2.24, 2.45) is 5.92 Å². The molecule has 1 saturated carbocycles. The van der Waals surface area contributed by atoms with Gasteiger partial charge in [0.25, 0.3) is 0 Å². The third kappa shape index (κ3) is 6.25. The molecule has 7 rings (SSSR count). The normalized spacial score (nSPS) is 14.2. The molecule has 234 valence electrons. The number of H-pyrrole nitrogens is 2. The van der Waals surface area contributed by atoms with Crippen LogP contribution < -0.4 is 5.32 Å². The number of imidazole rings is 1. The van der Waals surface area contributed by atoms with Crippen molar-refractivity contribution in [3.63, 3.8) is 0 Å². The number of anilines is 1. The lowest BCUT2D eigenvalue weighted by Gasteiger charge is -2.20. The molecule has 0 spiro atoms. The van der Waals surface area contributed by atoms with Crippen LogP contribution in [0, 0.1) is 11.7 Å². The zero-order valence-electron chi connectivity index (χ0n) is 25.2. The summed E-state index contributed by atoms with van der Waals surface area (Å²) in [4.78, 5) is 29.9. The van der Waals surface area contributed by atoms with Gasteiger partial charge in [-0.25, -0.2) is 17.8 Å². The average Bonchev–Trinajstić information content (AvgIpc) is 3.68. The van der Waals surface area contributed by atoms with Gasteiger partial charge in [-0.2, -0.15) is 5.10 Å². The average molecular weight is 638 g/mol. The summed E-state index contributed by atoms with van der Waals surface area (Å²) in [5, 5.41) is 11.5. The monoisotopic (exact) mass is 637 g/mol. The van der Waals surface area contributed by atoms with Gasteiger partial charge in [-0.3, -0.25) is 19.9 Å². The number of carbonyl (C=O) groups excluding carboxylic acids is 1. The lowest BCUT2D eigenvalue weighted by atomic mass is 9.88. The van der Waals surface area contributed by atoms with Crippen molar-refractivity contribution < 1.29 is 17.6 Å². The molecule has 0 unspecified atom stereocenters. The summed E-state index contributed by atoms with van der Waals surface area (Å²) >= 11 is 0. The largest absolute Gasteiger partial charge is 0.336 e. The summed E-state index contributed by atoms with van der Waals surface area (Å²) in [6.07, 6.45) is 11.6. The summed E-state index contributed by atoms with van der Waals surface area (Å²) in [5.41, 5.74) is 6.59. The van der Waals surface area contributed by atoms with Crippen molar-refractivity contribution in [3.05, 3.63) is 78.5 Å². The van der Waals surface area contributed by atoms with E-state index in [2.05, 4.69) is 30.5 Å². The standard InChI is InChI=1S/C34H32FN7O3S/c1-46(44,45)12-10-20-13-23(15-25(35)14-20)30-32-29(9-11-37-30)39-33(40-32)31-27-17-22(7-8-28(27)41-42-31)24-16-26(19-36-18-24)38-34(43)21-5-3-2-4-6-21/h7-9,11,13-19,21H,2-6,10,12H2,1H3,(H,38,43)(H,39,40)(H,41,42). The van der Waals surface area contributed by atoms with Crippen molar-refractivity contribution in [2.45, 2.75) is 38.5 Å². The van der Waals surface area contributed by atoms with E-state index in [-0.39, 0.29) is 24.0 Å². The second-order valence-corrected chi connectivity index (χ2v) is 14.2. The van der Waals surface area contributed by atoms with Crippen LogP contribution in [0.2, 0.25) is 0 Å². The molecule has 0 radical (unpaired) electrons. The number of nitrogens with one attached hydrogen (secondary N) is 3. The fourth-order valence-electron chi connectivity index (χ4n) is 6.14. The van der Waals surface area contributed by atoms with Crippen molar-refractivity contribution in [2.75, 3.05) is 17.3 Å². The number of fused-ring (bicyclic) bond motifs is 2. The summed E-state index contributed by atoms with van der Waals surface area (Å²) in [6.45, 7) is 0. The minimum Gasteiger partial charge on any atom is -0.336 e. The molecule has 0 atom stereocenters. The molecule has 6 aromatic rings. The zero-order valence-corrected chi connectivity index (χ0v) is 26.0. The van der Waals surface area contributed by atoms with E-state index in [9.17, 15) is 17.6 Å². The van der Waals surface area contributed by atoms with Gasteiger partial charge in [-0.15, -0.1) is 0 Å². The first-order chi connectivity index (χ1) is 22.2. The Bertz CT molecular complexity index is 2200. The zero-order chi connectivity index (χ0) is 31.8. The quantitative estimate of drug-likeness (QED) is 0.173. The number of benzene rings is 2. The Hall–Kier alpha value is -4.97. The van der Waals surface area contributed by atoms with E-state index in [1.54, 1.807) is 30.7 Å². The predicted octanol–water partition coefficient (Wildman–Crippen LogP) is 6.48. The third-order valence-corrected chi connectivity index (χ3v) is 9.44. The van der Waals surface area contributed by atoms with Crippen LogP contribution in [0.15, 0.2) is 67.1 Å². The number of nitrogens with zero attached hydrogens (tertiary/aromatic N) is 4. The molecule has 4 heterocycles. The SMILES string of the molecule is CS(=O)(=O)CCc1cc(F)cc(-c2nccc3[nH]c(-c4n[nH]c5ccc(-c6cncc(NC(=O)C7CCCCC7)c6)cc45)nc23)c1. The maximum Gasteiger partial charge on any atom is 0.227 e. The van der Waals surface area contributed by atoms with Gasteiger partial charge in [0, 0.05) is 41.1 Å². The molecular formula is C34H32FN7O3S. The number of aromatic amines is 2. The van der Waals surface area contributed by atoms with Crippen LogP contribution in [0.4, 0.5) is 10.1 Å². The van der Waals surface area contributed by atoms with Crippen molar-refractivity contribution >= 4 is 43.4 Å². The number of pyridine rings is 2. The number of aryl methyl sites for hydroxylation is 1. The van der Waals surface area contributed by atoms with Crippen molar-refractivity contribution in [1.29, 1.82) is 0 Å². The Morgan fingerprint density at radius 2 is 1.80 bits per heavy atom. The van der Waals surface area contributed by atoms with Gasteiger partial charge in [-0.05, 0) is 72.9 Å². The first kappa shape index (κ1) is 29.7. The Kier molecular flexibility index (Phi) is 7.81. The van der Waals surface area contributed by atoms with Gasteiger partial charge in [0.2, 0.25) is 5.91 Å². The number of amides is 1. The van der Waals surface area contributed by atoms with Crippen LogP contribution in [0.1, 0.15) is 37.7 Å². The Balaban J connectivity index is 1.21. The second kappa shape index (κ2) is 12.1. The number of rotatable bonds is 8. The van der Waals surface area contributed by atoms with E-state index in [1.807, 2.05) is 24.3 Å². The number of hydrogen-bond acceptors (Lipinski definition) is 7. The number of sulfone groups is 1. The summed E-state index contributed by atoms with van der Waals surface area (Å²) in [7, 11) is -3.21. The molecule has 4 aromatic heterocycles. The van der Waals surface area contributed by atoms with Gasteiger partial charge in [0.05, 0.1) is 34.4 Å². The first-order valence-electron chi connectivity index (χ1n) is 15.3. The molecule has 1 aliphatic rings. The molecule has 0 saturated heterocycles. The highest BCUT2D eigenvalue weighted by Crippen LogP contribution is 2.33. The maximum atomic E-state index is 14.6. The molecule has 1 amide bonds. The number of hydrogen-bond donors (Lipinski definition) is 3. The molecule has 46 heavy (non-hydrogen) atoms. The molecule has 0 aliphatic heterocycles. The van der Waals surface area contributed by atoms with E-state index < -0.39 is 15.7 Å². The number of carbonyl (C=O) groups is 1. The van der Waals surface area contributed by atoms with Crippen molar-refractivity contribution in [3.8, 4) is 33.9 Å². The smallest absolute Gasteiger partial charge is 0.227 e. The van der Waals surface area contributed by atoms with Crippen molar-refractivity contribution in [1.82, 2.24) is 30.1 Å². The molecule has 1 aliphatic carbocycles. The lowest BCUT2D eigenvalue weighted by Crippen LogP contribution is -2.24. The first-order valence-corrected chi connectivity index (χ1v) is 17.3. The highest BCUT2D eigenvalue weighted by atomic mass is 32.2. The Morgan fingerprint density at radius 3 is 2.63 bits per heavy atom. The van der Waals surface area contributed by atoms with Gasteiger partial charge in [0.15, 0.2) is 5.82 Å². The molecular weight excluding hydrogens is 605 g/mol. The Labute approximate surface area is 264 Å². The van der Waals surface area contributed by atoms with Crippen LogP contribution in [0.3, 0.4) is 0 Å². The predicted molar refractivity (Wildman–Crippen MR) is 176 cm³/mol. The van der Waals surface area contributed by atoms with Gasteiger partial charge >= 0.3 is 0 Å². The molecule has 2 aromatic carbocycles. The van der Waals surface area contributed by atoms with Gasteiger partial charge < -0.3 is 10.3 Å². The number of halogens is 1. The molecule has 1 fully saturated rings. The molecule has 3 N–H and O–H groups in total. The van der Waals surface area contributed by atoms with Gasteiger partial charge in [0.1, 0.15) is 26.9 Å². The molecule has 12 heteroatoms. The topological polar surface area (TPSA) is 146 Å². The highest BCUT2D eigenvalue weighted by molar-refractivity contribution is 7.90. The van der Waals surface area contributed by atoms with Crippen LogP contribution in [-0.4, -0.2) is 56.5 Å². The molecule has 10 nitrogen and oxygen atoms in total. The Morgan fingerprint density at radius 1 is 0.957 bits per heavy atom. The fraction of sp³-hybridized carbons (Fsp3) is 0.265. The minimum atomic E-state index is -3.21. The van der Waals surface area contributed by atoms with Crippen LogP contribution in [0.25, 0.3) is 55.8 Å². The highest BCUT2D eigenvalue weighted by Gasteiger charge is 2.22. The second-order valence-electron chi connectivity index (χ2n) is 12.0. The molecule has 0 bridgehead atoms. The van der Waals surface area contributed by atoms with E-state index >= 15 is 0 Å². The fourth-order valence-corrected chi connectivity index (χ4v) is 6.75. The third-order valence-electron chi connectivity index (χ3n) is 8.50. The minimum absolute atomic E-state index is 0.0459. The maximum absolute atomic E-state index is 14.6. The lowest BCUT2D eigenvalue weighted by molar-refractivity contribution is -0.120. The van der Waals surface area contributed by atoms with E-state index in [1.165, 1.54) is 18.6 Å². The summed E-state index contributed by atoms with van der Waals surface area (Å²) in [6, 6.07) is 14.1. The van der Waals surface area contributed by atoms with Crippen LogP contribution in [0.5, 0.6) is 0 Å². The van der Waals surface area contributed by atoms with E-state index in [0.717, 1.165) is 54.0 Å². The van der Waals surface area contributed by atoms with E-state index in [4.69, 9.17) is 4.98 Å². The van der Waals surface area contributed by atoms with Crippen LogP contribution in [-0.2, 0) is 21.1 Å². The van der Waals surface area contributed by atoms with E-state index in [0.29, 0.717) is 45.1 Å².